The molecule has 2 aromatic heterocycles. The van der Waals surface area contributed by atoms with Gasteiger partial charge in [-0.25, -0.2) is 9.97 Å². The summed E-state index contributed by atoms with van der Waals surface area (Å²) in [5, 5.41) is 6.16. The van der Waals surface area contributed by atoms with E-state index in [4.69, 9.17) is 23.2 Å². The lowest BCUT2D eigenvalue weighted by Gasteiger charge is -2.09. The van der Waals surface area contributed by atoms with E-state index in [0.29, 0.717) is 32.7 Å². The number of rotatable bonds is 4. The number of imidazole rings is 1. The molecule has 3 N–H and O–H groups in total. The van der Waals surface area contributed by atoms with Crippen molar-refractivity contribution in [3.63, 3.8) is 0 Å². The standard InChI is InChI=1S/C20H12Cl2F3N5O/c21-12-2-1-3-13(22)17(12)30-19-27-14-5-4-10(8-15(14)28-19)18(31)29-16-9-11(6-7-26-16)20(23,24)25/h1-9H,(H,26,29,31)(H2,27,28,30). The molecule has 0 aliphatic carbocycles. The molecular weight excluding hydrogens is 454 g/mol. The summed E-state index contributed by atoms with van der Waals surface area (Å²) in [5.41, 5.74) is 0.849. The van der Waals surface area contributed by atoms with Gasteiger partial charge < -0.3 is 15.6 Å². The number of aromatic amines is 1. The summed E-state index contributed by atoms with van der Waals surface area (Å²) in [7, 11) is 0. The molecule has 0 spiro atoms. The minimum Gasteiger partial charge on any atom is -0.324 e. The van der Waals surface area contributed by atoms with Crippen LogP contribution in [0.15, 0.2) is 54.7 Å². The number of carbonyl (C=O) groups excluding carboxylic acids is 1. The smallest absolute Gasteiger partial charge is 0.324 e. The highest BCUT2D eigenvalue weighted by Gasteiger charge is 2.30. The fraction of sp³-hybridized carbons (Fsp3) is 0.0500. The first-order valence-corrected chi connectivity index (χ1v) is 9.52. The highest BCUT2D eigenvalue weighted by molar-refractivity contribution is 6.39. The number of amides is 1. The van der Waals surface area contributed by atoms with Gasteiger partial charge in [-0.1, -0.05) is 29.3 Å². The number of alkyl halides is 3. The number of para-hydroxylation sites is 1. The molecule has 11 heteroatoms. The summed E-state index contributed by atoms with van der Waals surface area (Å²) in [6.07, 6.45) is -3.56. The maximum atomic E-state index is 12.8. The monoisotopic (exact) mass is 465 g/mol. The molecule has 2 heterocycles. The minimum atomic E-state index is -4.54. The van der Waals surface area contributed by atoms with Gasteiger partial charge in [-0.3, -0.25) is 4.79 Å². The molecular formula is C20H12Cl2F3N5O. The van der Waals surface area contributed by atoms with Crippen molar-refractivity contribution in [1.29, 1.82) is 0 Å². The van der Waals surface area contributed by atoms with Gasteiger partial charge in [0.25, 0.3) is 5.91 Å². The Labute approximate surface area is 183 Å². The van der Waals surface area contributed by atoms with Crippen molar-refractivity contribution in [3.8, 4) is 0 Å². The van der Waals surface area contributed by atoms with Gasteiger partial charge in [0.15, 0.2) is 0 Å². The van der Waals surface area contributed by atoms with E-state index in [-0.39, 0.29) is 11.4 Å². The number of aromatic nitrogens is 3. The molecule has 0 saturated carbocycles. The molecule has 0 unspecified atom stereocenters. The third-order valence-corrected chi connectivity index (χ3v) is 4.91. The highest BCUT2D eigenvalue weighted by Crippen LogP contribution is 2.32. The van der Waals surface area contributed by atoms with Crippen LogP contribution in [-0.4, -0.2) is 20.9 Å². The summed E-state index contributed by atoms with van der Waals surface area (Å²) in [4.78, 5) is 23.6. The van der Waals surface area contributed by atoms with Gasteiger partial charge in [0.05, 0.1) is 32.3 Å². The lowest BCUT2D eigenvalue weighted by atomic mass is 10.2. The molecule has 4 rings (SSSR count). The maximum absolute atomic E-state index is 12.8. The number of hydrogen-bond donors (Lipinski definition) is 3. The van der Waals surface area contributed by atoms with Crippen molar-refractivity contribution in [2.45, 2.75) is 6.18 Å². The van der Waals surface area contributed by atoms with Crippen molar-refractivity contribution in [2.24, 2.45) is 0 Å². The molecule has 0 atom stereocenters. The second-order valence-corrected chi connectivity index (χ2v) is 7.24. The molecule has 0 radical (unpaired) electrons. The number of nitrogens with one attached hydrogen (secondary N) is 3. The SMILES string of the molecule is O=C(Nc1cc(C(F)(F)F)ccn1)c1ccc2nc(Nc3c(Cl)cccc3Cl)[nH]c2c1. The van der Waals surface area contributed by atoms with Gasteiger partial charge in [0.2, 0.25) is 5.95 Å². The number of benzene rings is 2. The second kappa shape index (κ2) is 8.09. The zero-order valence-electron chi connectivity index (χ0n) is 15.4. The van der Waals surface area contributed by atoms with E-state index in [2.05, 4.69) is 25.6 Å². The second-order valence-electron chi connectivity index (χ2n) is 6.42. The number of H-pyrrole nitrogens is 1. The van der Waals surface area contributed by atoms with Gasteiger partial charge in [-0.05, 0) is 42.5 Å². The van der Waals surface area contributed by atoms with E-state index < -0.39 is 17.6 Å². The normalized spacial score (nSPS) is 11.5. The Morgan fingerprint density at radius 3 is 2.48 bits per heavy atom. The van der Waals surface area contributed by atoms with Crippen molar-refractivity contribution >= 4 is 57.6 Å². The van der Waals surface area contributed by atoms with Crippen LogP contribution in [-0.2, 0) is 6.18 Å². The summed E-state index contributed by atoms with van der Waals surface area (Å²) < 4.78 is 38.5. The lowest BCUT2D eigenvalue weighted by Crippen LogP contribution is -2.14. The fourth-order valence-corrected chi connectivity index (χ4v) is 3.30. The van der Waals surface area contributed by atoms with Crippen molar-refractivity contribution in [3.05, 3.63) is 75.9 Å². The Kier molecular flexibility index (Phi) is 5.47. The first-order valence-electron chi connectivity index (χ1n) is 8.76. The van der Waals surface area contributed by atoms with Gasteiger partial charge in [0.1, 0.15) is 5.82 Å². The van der Waals surface area contributed by atoms with E-state index in [1.54, 1.807) is 24.3 Å². The Morgan fingerprint density at radius 1 is 1.03 bits per heavy atom. The molecule has 6 nitrogen and oxygen atoms in total. The Hall–Kier alpha value is -3.30. The van der Waals surface area contributed by atoms with Crippen molar-refractivity contribution < 1.29 is 18.0 Å². The van der Waals surface area contributed by atoms with Crippen LogP contribution in [0.5, 0.6) is 0 Å². The fourth-order valence-electron chi connectivity index (χ4n) is 2.81. The van der Waals surface area contributed by atoms with Gasteiger partial charge in [0, 0.05) is 11.8 Å². The largest absolute Gasteiger partial charge is 0.416 e. The summed E-state index contributed by atoms with van der Waals surface area (Å²) in [6.45, 7) is 0. The van der Waals surface area contributed by atoms with E-state index in [9.17, 15) is 18.0 Å². The van der Waals surface area contributed by atoms with E-state index in [0.717, 1.165) is 18.3 Å². The molecule has 1 amide bonds. The molecule has 0 fully saturated rings. The average Bonchev–Trinajstić information content (AvgIpc) is 3.12. The average molecular weight is 466 g/mol. The molecule has 158 valence electrons. The van der Waals surface area contributed by atoms with Crippen LogP contribution in [0.3, 0.4) is 0 Å². The Balaban J connectivity index is 1.56. The number of anilines is 3. The van der Waals surface area contributed by atoms with Crippen LogP contribution >= 0.6 is 23.2 Å². The van der Waals surface area contributed by atoms with Crippen LogP contribution in [0.25, 0.3) is 11.0 Å². The van der Waals surface area contributed by atoms with Crippen molar-refractivity contribution in [2.75, 3.05) is 10.6 Å². The Bertz CT molecular complexity index is 1270. The predicted molar refractivity (Wildman–Crippen MR) is 113 cm³/mol. The summed E-state index contributed by atoms with van der Waals surface area (Å²) in [6, 6.07) is 11.3. The van der Waals surface area contributed by atoms with E-state index >= 15 is 0 Å². The van der Waals surface area contributed by atoms with Crippen LogP contribution < -0.4 is 10.6 Å². The number of carbonyl (C=O) groups is 1. The van der Waals surface area contributed by atoms with Gasteiger partial charge in [-0.2, -0.15) is 13.2 Å². The number of fused-ring (bicyclic) bond motifs is 1. The lowest BCUT2D eigenvalue weighted by molar-refractivity contribution is -0.137. The quantitative estimate of drug-likeness (QED) is 0.331. The molecule has 4 aromatic rings. The predicted octanol–water partition coefficient (Wildman–Crippen LogP) is 6.28. The molecule has 0 saturated heterocycles. The molecule has 31 heavy (non-hydrogen) atoms. The third kappa shape index (κ3) is 4.57. The summed E-state index contributed by atoms with van der Waals surface area (Å²) >= 11 is 12.3. The number of pyridine rings is 1. The molecule has 0 aliphatic heterocycles. The topological polar surface area (TPSA) is 82.7 Å². The maximum Gasteiger partial charge on any atom is 0.416 e. The van der Waals surface area contributed by atoms with Crippen molar-refractivity contribution in [1.82, 2.24) is 15.0 Å². The first kappa shape index (κ1) is 21.0. The molecule has 0 aliphatic rings. The van der Waals surface area contributed by atoms with Gasteiger partial charge in [-0.15, -0.1) is 0 Å². The zero-order valence-corrected chi connectivity index (χ0v) is 16.9. The first-order chi connectivity index (χ1) is 14.7. The van der Waals surface area contributed by atoms with Crippen LogP contribution in [0.1, 0.15) is 15.9 Å². The van der Waals surface area contributed by atoms with Crippen LogP contribution in [0, 0.1) is 0 Å². The van der Waals surface area contributed by atoms with Crippen LogP contribution in [0.2, 0.25) is 10.0 Å². The van der Waals surface area contributed by atoms with Crippen LogP contribution in [0.4, 0.5) is 30.6 Å². The highest BCUT2D eigenvalue weighted by atomic mass is 35.5. The zero-order chi connectivity index (χ0) is 22.2. The van der Waals surface area contributed by atoms with Gasteiger partial charge >= 0.3 is 6.18 Å². The number of halogens is 5. The number of nitrogens with zero attached hydrogens (tertiary/aromatic N) is 2. The summed E-state index contributed by atoms with van der Waals surface area (Å²) in [5.74, 6) is -0.477. The molecule has 2 aromatic carbocycles. The molecule has 0 bridgehead atoms. The third-order valence-electron chi connectivity index (χ3n) is 4.28. The van der Waals surface area contributed by atoms with E-state index in [1.165, 1.54) is 12.1 Å². The minimum absolute atomic E-state index is 0.206. The number of hydrogen-bond acceptors (Lipinski definition) is 4. The van der Waals surface area contributed by atoms with E-state index in [1.807, 2.05) is 0 Å². The Morgan fingerprint density at radius 2 is 1.77 bits per heavy atom.